The first-order valence-electron chi connectivity index (χ1n) is 4.32. The largest absolute Gasteiger partial charge is 0.223 e. The highest BCUT2D eigenvalue weighted by molar-refractivity contribution is 6.17. The van der Waals surface area contributed by atoms with Gasteiger partial charge in [-0.3, -0.25) is 0 Å². The Morgan fingerprint density at radius 2 is 2.29 bits per heavy atom. The molecule has 0 fully saturated rings. The van der Waals surface area contributed by atoms with Crippen molar-refractivity contribution in [1.29, 1.82) is 0 Å². The molecule has 0 radical (unpaired) electrons. The van der Waals surface area contributed by atoms with Gasteiger partial charge in [0.15, 0.2) is 0 Å². The fourth-order valence-electron chi connectivity index (χ4n) is 1.32. The maximum absolute atomic E-state index is 5.77. The number of aryl methyl sites for hydroxylation is 1. The lowest BCUT2D eigenvalue weighted by Crippen LogP contribution is -1.98. The lowest BCUT2D eigenvalue weighted by molar-refractivity contribution is 0.869. The van der Waals surface area contributed by atoms with Crippen molar-refractivity contribution in [1.82, 2.24) is 14.8 Å². The molecule has 72 valence electrons. The van der Waals surface area contributed by atoms with E-state index in [4.69, 9.17) is 11.6 Å². The van der Waals surface area contributed by atoms with Gasteiger partial charge in [-0.15, -0.1) is 11.6 Å². The van der Waals surface area contributed by atoms with Crippen LogP contribution in [0.3, 0.4) is 0 Å². The average Bonchev–Trinajstić information content (AvgIpc) is 2.71. The molecule has 0 aliphatic carbocycles. The van der Waals surface area contributed by atoms with Gasteiger partial charge in [0.05, 0.1) is 5.69 Å². The second kappa shape index (κ2) is 3.80. The normalized spacial score (nSPS) is 10.4. The number of hydrogen-bond acceptors (Lipinski definition) is 2. The van der Waals surface area contributed by atoms with Crippen molar-refractivity contribution in [2.24, 2.45) is 0 Å². The van der Waals surface area contributed by atoms with Crippen LogP contribution in [0.25, 0.3) is 5.69 Å². The minimum absolute atomic E-state index is 0.516. The number of rotatable bonds is 2. The lowest BCUT2D eigenvalue weighted by atomic mass is 10.1. The molecule has 14 heavy (non-hydrogen) atoms. The monoisotopic (exact) mass is 207 g/mol. The molecule has 1 aromatic carbocycles. The van der Waals surface area contributed by atoms with Gasteiger partial charge in [0.2, 0.25) is 0 Å². The van der Waals surface area contributed by atoms with Crippen molar-refractivity contribution < 1.29 is 0 Å². The molecule has 3 nitrogen and oxygen atoms in total. The molecule has 1 aromatic heterocycles. The first-order chi connectivity index (χ1) is 6.81. The van der Waals surface area contributed by atoms with Crippen LogP contribution >= 0.6 is 11.6 Å². The second-order valence-electron chi connectivity index (χ2n) is 3.09. The molecule has 0 bridgehead atoms. The van der Waals surface area contributed by atoms with Crippen molar-refractivity contribution >= 4 is 11.6 Å². The molecule has 0 atom stereocenters. The molecule has 0 aliphatic rings. The third-order valence-electron chi connectivity index (χ3n) is 2.09. The first kappa shape index (κ1) is 9.21. The highest BCUT2D eigenvalue weighted by Gasteiger charge is 2.02. The quantitative estimate of drug-likeness (QED) is 0.708. The smallest absolute Gasteiger partial charge is 0.138 e. The van der Waals surface area contributed by atoms with Crippen molar-refractivity contribution in [3.8, 4) is 5.69 Å². The van der Waals surface area contributed by atoms with Gasteiger partial charge in [0.25, 0.3) is 0 Å². The zero-order valence-corrected chi connectivity index (χ0v) is 8.57. The van der Waals surface area contributed by atoms with Crippen LogP contribution in [0.1, 0.15) is 11.1 Å². The molecule has 0 N–H and O–H groups in total. The van der Waals surface area contributed by atoms with Gasteiger partial charge in [-0.2, -0.15) is 5.10 Å². The molecular weight excluding hydrogens is 198 g/mol. The van der Waals surface area contributed by atoms with Crippen LogP contribution < -0.4 is 0 Å². The summed E-state index contributed by atoms with van der Waals surface area (Å²) >= 11 is 5.77. The molecule has 2 rings (SSSR count). The van der Waals surface area contributed by atoms with Crippen molar-refractivity contribution in [3.05, 3.63) is 42.0 Å². The van der Waals surface area contributed by atoms with Crippen molar-refractivity contribution in [2.45, 2.75) is 12.8 Å². The minimum atomic E-state index is 0.516. The molecule has 1 heterocycles. The molecule has 4 heteroatoms. The number of halogens is 1. The van der Waals surface area contributed by atoms with Gasteiger partial charge in [-0.1, -0.05) is 12.1 Å². The Kier molecular flexibility index (Phi) is 2.50. The summed E-state index contributed by atoms with van der Waals surface area (Å²) in [5.41, 5.74) is 3.27. The fourth-order valence-corrected chi connectivity index (χ4v) is 1.48. The maximum Gasteiger partial charge on any atom is 0.138 e. The standard InChI is InChI=1S/C10H10ClN3/c1-8-2-3-9(5-11)4-10(8)14-7-12-6-13-14/h2-4,6-7H,5H2,1H3. The van der Waals surface area contributed by atoms with Crippen LogP contribution in [0.4, 0.5) is 0 Å². The third-order valence-corrected chi connectivity index (χ3v) is 2.40. The van der Waals surface area contributed by atoms with E-state index in [0.29, 0.717) is 5.88 Å². The molecular formula is C10H10ClN3. The topological polar surface area (TPSA) is 30.7 Å². The zero-order chi connectivity index (χ0) is 9.97. The summed E-state index contributed by atoms with van der Waals surface area (Å²) in [6, 6.07) is 6.08. The van der Waals surface area contributed by atoms with Crippen LogP contribution in [0.5, 0.6) is 0 Å². The third kappa shape index (κ3) is 1.63. The van der Waals surface area contributed by atoms with E-state index in [1.54, 1.807) is 11.0 Å². The molecule has 2 aromatic rings. The van der Waals surface area contributed by atoms with Gasteiger partial charge in [-0.25, -0.2) is 9.67 Å². The second-order valence-corrected chi connectivity index (χ2v) is 3.36. The van der Waals surface area contributed by atoms with E-state index in [2.05, 4.69) is 10.1 Å². The molecule has 0 saturated carbocycles. The van der Waals surface area contributed by atoms with E-state index in [0.717, 1.165) is 16.8 Å². The highest BCUT2D eigenvalue weighted by atomic mass is 35.5. The SMILES string of the molecule is Cc1ccc(CCl)cc1-n1cncn1. The zero-order valence-electron chi connectivity index (χ0n) is 7.81. The van der Waals surface area contributed by atoms with Crippen LogP contribution in [0, 0.1) is 6.92 Å². The Hall–Kier alpha value is -1.35. The maximum atomic E-state index is 5.77. The molecule has 0 unspecified atom stereocenters. The molecule has 0 saturated heterocycles. The molecule has 0 spiro atoms. The number of aromatic nitrogens is 3. The Labute approximate surface area is 87.3 Å². The summed E-state index contributed by atoms with van der Waals surface area (Å²) in [6.45, 7) is 2.04. The summed E-state index contributed by atoms with van der Waals surface area (Å²) < 4.78 is 1.74. The molecule has 0 amide bonds. The van der Waals surface area contributed by atoms with E-state index < -0.39 is 0 Å². The Morgan fingerprint density at radius 3 is 2.93 bits per heavy atom. The van der Waals surface area contributed by atoms with Crippen LogP contribution in [0.2, 0.25) is 0 Å². The summed E-state index contributed by atoms with van der Waals surface area (Å²) in [7, 11) is 0. The highest BCUT2D eigenvalue weighted by Crippen LogP contribution is 2.15. The van der Waals surface area contributed by atoms with Gasteiger partial charge in [0, 0.05) is 5.88 Å². The van der Waals surface area contributed by atoms with Gasteiger partial charge in [0.1, 0.15) is 12.7 Å². The predicted molar refractivity (Wildman–Crippen MR) is 55.7 cm³/mol. The van der Waals surface area contributed by atoms with Gasteiger partial charge in [-0.05, 0) is 24.1 Å². The summed E-state index contributed by atoms with van der Waals surface area (Å²) in [6.07, 6.45) is 3.20. The number of alkyl halides is 1. The molecule has 0 aliphatic heterocycles. The van der Waals surface area contributed by atoms with Crippen LogP contribution in [0.15, 0.2) is 30.9 Å². The van der Waals surface area contributed by atoms with E-state index in [1.807, 2.05) is 25.1 Å². The van der Waals surface area contributed by atoms with Crippen molar-refractivity contribution in [3.63, 3.8) is 0 Å². The van der Waals surface area contributed by atoms with E-state index >= 15 is 0 Å². The Bertz CT molecular complexity index is 423. The lowest BCUT2D eigenvalue weighted by Gasteiger charge is -2.06. The van der Waals surface area contributed by atoms with E-state index in [9.17, 15) is 0 Å². The Balaban J connectivity index is 2.51. The average molecular weight is 208 g/mol. The van der Waals surface area contributed by atoms with Crippen LogP contribution in [-0.2, 0) is 5.88 Å². The Morgan fingerprint density at radius 1 is 1.43 bits per heavy atom. The summed E-state index contributed by atoms with van der Waals surface area (Å²) in [5.74, 6) is 0.516. The number of benzene rings is 1. The summed E-state index contributed by atoms with van der Waals surface area (Å²) in [5, 5.41) is 4.09. The number of hydrogen-bond donors (Lipinski definition) is 0. The minimum Gasteiger partial charge on any atom is -0.223 e. The predicted octanol–water partition coefficient (Wildman–Crippen LogP) is 2.31. The number of nitrogens with zero attached hydrogens (tertiary/aromatic N) is 3. The summed E-state index contributed by atoms with van der Waals surface area (Å²) in [4.78, 5) is 3.91. The fraction of sp³-hybridized carbons (Fsp3) is 0.200. The van der Waals surface area contributed by atoms with E-state index in [-0.39, 0.29) is 0 Å². The van der Waals surface area contributed by atoms with Gasteiger partial charge < -0.3 is 0 Å². The van der Waals surface area contributed by atoms with Crippen LogP contribution in [-0.4, -0.2) is 14.8 Å². The van der Waals surface area contributed by atoms with Crippen molar-refractivity contribution in [2.75, 3.05) is 0 Å². The van der Waals surface area contributed by atoms with E-state index in [1.165, 1.54) is 6.33 Å². The van der Waals surface area contributed by atoms with Gasteiger partial charge >= 0.3 is 0 Å². The first-order valence-corrected chi connectivity index (χ1v) is 4.85.